The lowest BCUT2D eigenvalue weighted by molar-refractivity contribution is -0.140. The molecule has 11 heteroatoms. The molecular formula is C30H34Cl3N3O4S. The monoisotopic (exact) mass is 637 g/mol. The van der Waals surface area contributed by atoms with Gasteiger partial charge in [0, 0.05) is 40.1 Å². The van der Waals surface area contributed by atoms with Gasteiger partial charge in [0.2, 0.25) is 21.8 Å². The van der Waals surface area contributed by atoms with Crippen LogP contribution < -0.4 is 9.62 Å². The van der Waals surface area contributed by atoms with E-state index in [0.29, 0.717) is 32.7 Å². The molecule has 1 atom stereocenters. The van der Waals surface area contributed by atoms with Crippen LogP contribution in [-0.4, -0.2) is 50.5 Å². The third kappa shape index (κ3) is 8.85. The van der Waals surface area contributed by atoms with Gasteiger partial charge >= 0.3 is 0 Å². The number of nitrogens with zero attached hydrogens (tertiary/aromatic N) is 2. The van der Waals surface area contributed by atoms with E-state index >= 15 is 0 Å². The third-order valence-electron chi connectivity index (χ3n) is 6.53. The van der Waals surface area contributed by atoms with Crippen LogP contribution in [0.4, 0.5) is 5.69 Å². The molecule has 0 fully saturated rings. The molecule has 1 N–H and O–H groups in total. The minimum absolute atomic E-state index is 0.115. The van der Waals surface area contributed by atoms with Gasteiger partial charge in [-0.3, -0.25) is 13.9 Å². The van der Waals surface area contributed by atoms with Gasteiger partial charge in [-0.1, -0.05) is 91.1 Å². The number of sulfonamides is 1. The Morgan fingerprint density at radius 1 is 0.878 bits per heavy atom. The molecular weight excluding hydrogens is 605 g/mol. The Hall–Kier alpha value is -2.78. The lowest BCUT2D eigenvalue weighted by Crippen LogP contribution is -2.53. The van der Waals surface area contributed by atoms with Gasteiger partial charge in [-0.2, -0.15) is 0 Å². The van der Waals surface area contributed by atoms with Crippen molar-refractivity contribution in [2.45, 2.75) is 39.8 Å². The van der Waals surface area contributed by atoms with Crippen LogP contribution >= 0.6 is 34.8 Å². The number of benzene rings is 3. The number of carbonyl (C=O) groups excluding carboxylic acids is 2. The molecule has 3 rings (SSSR count). The average Bonchev–Trinajstić information content (AvgIpc) is 2.91. The molecule has 3 aromatic rings. The fourth-order valence-corrected chi connectivity index (χ4v) is 5.88. The first kappa shape index (κ1) is 32.7. The molecule has 0 aliphatic heterocycles. The summed E-state index contributed by atoms with van der Waals surface area (Å²) >= 11 is 19.3. The van der Waals surface area contributed by atoms with Crippen molar-refractivity contribution < 1.29 is 18.0 Å². The highest BCUT2D eigenvalue weighted by molar-refractivity contribution is 7.92. The van der Waals surface area contributed by atoms with Crippen molar-refractivity contribution in [3.8, 4) is 0 Å². The topological polar surface area (TPSA) is 86.8 Å². The lowest BCUT2D eigenvalue weighted by atomic mass is 10.0. The Kier molecular flexibility index (Phi) is 11.5. The van der Waals surface area contributed by atoms with Gasteiger partial charge in [0.15, 0.2) is 0 Å². The Morgan fingerprint density at radius 3 is 2.05 bits per heavy atom. The number of nitrogens with one attached hydrogen (secondary N) is 1. The van der Waals surface area contributed by atoms with E-state index < -0.39 is 28.5 Å². The Bertz CT molecular complexity index is 1460. The number of anilines is 1. The van der Waals surface area contributed by atoms with Crippen molar-refractivity contribution >= 4 is 62.3 Å². The number of hydrogen-bond donors (Lipinski definition) is 1. The molecule has 0 heterocycles. The summed E-state index contributed by atoms with van der Waals surface area (Å²) in [5, 5.41) is 3.94. The highest BCUT2D eigenvalue weighted by atomic mass is 35.5. The standard InChI is InChI=1S/C30H34Cl3N3O4S/c1-20(2)17-34-30(38)28(16-22-10-6-5-7-11-22)35(18-23-25(32)13-8-14-26(23)33)29(37)19-36(41(4,39)40)27-15-9-12-24(31)21(27)3/h5-15,20,28H,16-19H2,1-4H3,(H,34,38)/t28-/m0/s1. The molecule has 0 aromatic heterocycles. The number of carbonyl (C=O) groups is 2. The second-order valence-electron chi connectivity index (χ2n) is 10.2. The van der Waals surface area contributed by atoms with Gasteiger partial charge < -0.3 is 10.2 Å². The third-order valence-corrected chi connectivity index (χ3v) is 8.78. The zero-order valence-electron chi connectivity index (χ0n) is 23.4. The molecule has 7 nitrogen and oxygen atoms in total. The summed E-state index contributed by atoms with van der Waals surface area (Å²) in [6.45, 7) is 5.34. The second-order valence-corrected chi connectivity index (χ2v) is 13.3. The summed E-state index contributed by atoms with van der Waals surface area (Å²) in [6.07, 6.45) is 1.21. The molecule has 0 saturated heterocycles. The molecule has 220 valence electrons. The summed E-state index contributed by atoms with van der Waals surface area (Å²) in [5.41, 5.74) is 2.05. The minimum Gasteiger partial charge on any atom is -0.354 e. The smallest absolute Gasteiger partial charge is 0.244 e. The first-order valence-corrected chi connectivity index (χ1v) is 16.0. The van der Waals surface area contributed by atoms with Crippen LogP contribution in [0, 0.1) is 12.8 Å². The predicted molar refractivity (Wildman–Crippen MR) is 167 cm³/mol. The average molecular weight is 639 g/mol. The van der Waals surface area contributed by atoms with Gasteiger partial charge in [0.05, 0.1) is 11.9 Å². The van der Waals surface area contributed by atoms with E-state index in [1.54, 1.807) is 43.3 Å². The van der Waals surface area contributed by atoms with Crippen molar-refractivity contribution in [2.24, 2.45) is 5.92 Å². The maximum absolute atomic E-state index is 14.2. The quantitative estimate of drug-likeness (QED) is 0.259. The van der Waals surface area contributed by atoms with E-state index in [1.807, 2.05) is 44.2 Å². The van der Waals surface area contributed by atoms with Crippen LogP contribution in [-0.2, 0) is 32.6 Å². The fourth-order valence-electron chi connectivity index (χ4n) is 4.29. The van der Waals surface area contributed by atoms with Gasteiger partial charge in [-0.05, 0) is 48.2 Å². The van der Waals surface area contributed by atoms with E-state index in [4.69, 9.17) is 34.8 Å². The zero-order chi connectivity index (χ0) is 30.3. The van der Waals surface area contributed by atoms with Crippen molar-refractivity contribution in [3.05, 3.63) is 98.5 Å². The van der Waals surface area contributed by atoms with Crippen LogP contribution in [0.3, 0.4) is 0 Å². The summed E-state index contributed by atoms with van der Waals surface area (Å²) in [6, 6.07) is 18.1. The van der Waals surface area contributed by atoms with Crippen LogP contribution in [0.15, 0.2) is 66.7 Å². The summed E-state index contributed by atoms with van der Waals surface area (Å²) < 4.78 is 27.0. The first-order chi connectivity index (χ1) is 19.3. The SMILES string of the molecule is Cc1c(Cl)cccc1N(CC(=O)N(Cc1c(Cl)cccc1Cl)[C@@H](Cc1ccccc1)C(=O)NCC(C)C)S(C)(=O)=O. The maximum atomic E-state index is 14.2. The summed E-state index contributed by atoms with van der Waals surface area (Å²) in [4.78, 5) is 29.2. The molecule has 0 aliphatic carbocycles. The summed E-state index contributed by atoms with van der Waals surface area (Å²) in [5.74, 6) is -0.805. The molecule has 0 radical (unpaired) electrons. The molecule has 3 aromatic carbocycles. The number of hydrogen-bond acceptors (Lipinski definition) is 4. The molecule has 2 amide bonds. The Balaban J connectivity index is 2.12. The van der Waals surface area contributed by atoms with Crippen molar-refractivity contribution in [3.63, 3.8) is 0 Å². The number of amides is 2. The van der Waals surface area contributed by atoms with Gasteiger partial charge in [0.1, 0.15) is 12.6 Å². The predicted octanol–water partition coefficient (Wildman–Crippen LogP) is 6.13. The highest BCUT2D eigenvalue weighted by Gasteiger charge is 2.34. The number of halogens is 3. The largest absolute Gasteiger partial charge is 0.354 e. The van der Waals surface area contributed by atoms with E-state index in [1.165, 1.54) is 4.90 Å². The lowest BCUT2D eigenvalue weighted by Gasteiger charge is -2.34. The van der Waals surface area contributed by atoms with Gasteiger partial charge in [0.25, 0.3) is 0 Å². The maximum Gasteiger partial charge on any atom is 0.244 e. The van der Waals surface area contributed by atoms with Crippen LogP contribution in [0.5, 0.6) is 0 Å². The molecule has 41 heavy (non-hydrogen) atoms. The molecule has 0 saturated carbocycles. The molecule has 0 aliphatic rings. The van der Waals surface area contributed by atoms with Crippen molar-refractivity contribution in [1.29, 1.82) is 0 Å². The molecule has 0 spiro atoms. The van der Waals surface area contributed by atoms with Crippen molar-refractivity contribution in [1.82, 2.24) is 10.2 Å². The Labute approximate surface area is 257 Å². The Morgan fingerprint density at radius 2 is 1.46 bits per heavy atom. The molecule has 0 unspecified atom stereocenters. The van der Waals surface area contributed by atoms with Crippen LogP contribution in [0.25, 0.3) is 0 Å². The van der Waals surface area contributed by atoms with Gasteiger partial charge in [-0.15, -0.1) is 0 Å². The van der Waals surface area contributed by atoms with Gasteiger partial charge in [-0.25, -0.2) is 8.42 Å². The second kappa shape index (κ2) is 14.4. The van der Waals surface area contributed by atoms with E-state index in [-0.39, 0.29) is 30.5 Å². The normalized spacial score (nSPS) is 12.2. The van der Waals surface area contributed by atoms with Crippen LogP contribution in [0.1, 0.15) is 30.5 Å². The van der Waals surface area contributed by atoms with E-state index in [0.717, 1.165) is 16.1 Å². The minimum atomic E-state index is -3.93. The summed E-state index contributed by atoms with van der Waals surface area (Å²) in [7, 11) is -3.93. The first-order valence-electron chi connectivity index (χ1n) is 13.1. The zero-order valence-corrected chi connectivity index (χ0v) is 26.5. The van der Waals surface area contributed by atoms with Crippen molar-refractivity contribution in [2.75, 3.05) is 23.7 Å². The van der Waals surface area contributed by atoms with E-state index in [9.17, 15) is 18.0 Å². The molecule has 0 bridgehead atoms. The fraction of sp³-hybridized carbons (Fsp3) is 0.333. The van der Waals surface area contributed by atoms with E-state index in [2.05, 4.69) is 5.32 Å². The van der Waals surface area contributed by atoms with Crippen LogP contribution in [0.2, 0.25) is 15.1 Å². The highest BCUT2D eigenvalue weighted by Crippen LogP contribution is 2.30. The number of rotatable bonds is 12.